The lowest BCUT2D eigenvalue weighted by Gasteiger charge is -2.14. The fraction of sp³-hybridized carbons (Fsp3) is 0.0588. The molecule has 2 aromatic rings. The van der Waals surface area contributed by atoms with E-state index in [4.69, 9.17) is 4.74 Å². The van der Waals surface area contributed by atoms with E-state index in [-0.39, 0.29) is 5.57 Å². The molecule has 0 unspecified atom stereocenters. The van der Waals surface area contributed by atoms with Gasteiger partial charge < -0.3 is 9.84 Å². The third-order valence-electron chi connectivity index (χ3n) is 3.52. The normalized spacial score (nSPS) is 14.6. The molecule has 0 aromatic heterocycles. The zero-order chi connectivity index (χ0) is 16.6. The molecule has 0 aliphatic carbocycles. The minimum absolute atomic E-state index is 0.0134. The highest BCUT2D eigenvalue weighted by Crippen LogP contribution is 2.32. The monoisotopic (exact) mass is 373 g/mol. The number of imide groups is 1. The molecule has 0 fully saturated rings. The molecule has 2 aromatic carbocycles. The Morgan fingerprint density at radius 1 is 0.957 bits per heavy atom. The van der Waals surface area contributed by atoms with Gasteiger partial charge in [0.2, 0.25) is 0 Å². The third kappa shape index (κ3) is 2.61. The number of methoxy groups -OCH3 is 1. The van der Waals surface area contributed by atoms with Gasteiger partial charge in [0.05, 0.1) is 18.4 Å². The highest BCUT2D eigenvalue weighted by molar-refractivity contribution is 9.10. The summed E-state index contributed by atoms with van der Waals surface area (Å²) in [6, 6.07) is 13.3. The molecule has 0 radical (unpaired) electrons. The predicted octanol–water partition coefficient (Wildman–Crippen LogP) is 3.30. The Balaban J connectivity index is 2.00. The van der Waals surface area contributed by atoms with Crippen molar-refractivity contribution < 1.29 is 19.4 Å². The van der Waals surface area contributed by atoms with Crippen LogP contribution in [0.15, 0.2) is 58.8 Å². The molecular formula is C17H12BrNO4. The second-order valence-electron chi connectivity index (χ2n) is 4.87. The molecule has 1 aliphatic heterocycles. The Morgan fingerprint density at radius 3 is 2.13 bits per heavy atom. The fourth-order valence-corrected chi connectivity index (χ4v) is 2.63. The number of aliphatic hydroxyl groups is 1. The van der Waals surface area contributed by atoms with Crippen LogP contribution in [0.3, 0.4) is 0 Å². The Morgan fingerprint density at radius 2 is 1.57 bits per heavy atom. The van der Waals surface area contributed by atoms with Crippen molar-refractivity contribution in [2.45, 2.75) is 0 Å². The lowest BCUT2D eigenvalue weighted by atomic mass is 10.1. The average Bonchev–Trinajstić information content (AvgIpc) is 2.78. The Labute approximate surface area is 140 Å². The number of aliphatic hydroxyl groups excluding tert-OH is 1. The smallest absolute Gasteiger partial charge is 0.301 e. The summed E-state index contributed by atoms with van der Waals surface area (Å²) in [5.41, 5.74) is 0.847. The molecule has 0 bridgehead atoms. The molecule has 23 heavy (non-hydrogen) atoms. The van der Waals surface area contributed by atoms with Gasteiger partial charge in [0.25, 0.3) is 5.91 Å². The fourth-order valence-electron chi connectivity index (χ4n) is 2.36. The van der Waals surface area contributed by atoms with Crippen molar-refractivity contribution in [1.29, 1.82) is 0 Å². The van der Waals surface area contributed by atoms with Gasteiger partial charge in [-0.2, -0.15) is 0 Å². The first kappa shape index (κ1) is 15.3. The number of anilines is 1. The van der Waals surface area contributed by atoms with Crippen LogP contribution in [-0.2, 0) is 9.59 Å². The maximum Gasteiger partial charge on any atom is 0.301 e. The second kappa shape index (κ2) is 5.89. The van der Waals surface area contributed by atoms with E-state index in [9.17, 15) is 14.7 Å². The van der Waals surface area contributed by atoms with Crippen molar-refractivity contribution in [3.05, 3.63) is 64.3 Å². The molecular weight excluding hydrogens is 362 g/mol. The number of halogens is 1. The molecule has 0 atom stereocenters. The molecule has 2 amide bonds. The van der Waals surface area contributed by atoms with E-state index in [1.165, 1.54) is 7.11 Å². The average molecular weight is 374 g/mol. The van der Waals surface area contributed by atoms with Crippen molar-refractivity contribution in [3.63, 3.8) is 0 Å². The van der Waals surface area contributed by atoms with Gasteiger partial charge in [-0.25, -0.2) is 4.90 Å². The van der Waals surface area contributed by atoms with Gasteiger partial charge in [0.1, 0.15) is 5.75 Å². The summed E-state index contributed by atoms with van der Waals surface area (Å²) in [6.07, 6.45) is 0. The maximum atomic E-state index is 12.6. The van der Waals surface area contributed by atoms with Crippen LogP contribution in [0.4, 0.5) is 5.69 Å². The van der Waals surface area contributed by atoms with Crippen molar-refractivity contribution in [1.82, 2.24) is 0 Å². The molecule has 1 aliphatic rings. The Bertz CT molecular complexity index is 809. The van der Waals surface area contributed by atoms with Crippen LogP contribution < -0.4 is 9.64 Å². The summed E-state index contributed by atoms with van der Waals surface area (Å²) < 4.78 is 5.89. The molecule has 0 saturated carbocycles. The van der Waals surface area contributed by atoms with Crippen LogP contribution in [0.1, 0.15) is 5.56 Å². The number of ether oxygens (including phenoxy) is 1. The minimum atomic E-state index is -0.733. The number of rotatable bonds is 3. The van der Waals surface area contributed by atoms with Gasteiger partial charge in [-0.15, -0.1) is 0 Å². The van der Waals surface area contributed by atoms with Crippen LogP contribution in [-0.4, -0.2) is 24.0 Å². The van der Waals surface area contributed by atoms with E-state index in [1.807, 2.05) is 0 Å². The summed E-state index contributed by atoms with van der Waals surface area (Å²) in [6.45, 7) is 0. The van der Waals surface area contributed by atoms with E-state index in [0.717, 1.165) is 9.37 Å². The number of hydrogen-bond donors (Lipinski definition) is 1. The minimum Gasteiger partial charge on any atom is -0.502 e. The van der Waals surface area contributed by atoms with E-state index < -0.39 is 17.6 Å². The first-order chi connectivity index (χ1) is 11.0. The first-order valence-electron chi connectivity index (χ1n) is 6.75. The van der Waals surface area contributed by atoms with E-state index >= 15 is 0 Å². The molecule has 1 N–H and O–H groups in total. The molecule has 5 nitrogen and oxygen atoms in total. The standard InChI is InChI=1S/C17H12BrNO4/c1-23-13-8-2-10(3-9-13)14-15(20)17(22)19(16(14)21)12-6-4-11(18)5-7-12/h2-9,20H,1H3. The van der Waals surface area contributed by atoms with Crippen molar-refractivity contribution in [2.75, 3.05) is 12.0 Å². The highest BCUT2D eigenvalue weighted by Gasteiger charge is 2.40. The molecule has 0 spiro atoms. The Kier molecular flexibility index (Phi) is 3.92. The summed E-state index contributed by atoms with van der Waals surface area (Å²) in [5, 5.41) is 10.1. The molecule has 3 rings (SSSR count). The zero-order valence-corrected chi connectivity index (χ0v) is 13.7. The lowest BCUT2D eigenvalue weighted by Crippen LogP contribution is -2.31. The van der Waals surface area contributed by atoms with Crippen LogP contribution in [0.2, 0.25) is 0 Å². The van der Waals surface area contributed by atoms with E-state index in [0.29, 0.717) is 17.0 Å². The van der Waals surface area contributed by atoms with Crippen molar-refractivity contribution in [2.24, 2.45) is 0 Å². The second-order valence-corrected chi connectivity index (χ2v) is 5.79. The molecule has 1 heterocycles. The Hall–Kier alpha value is -2.60. The number of hydrogen-bond acceptors (Lipinski definition) is 4. The summed E-state index contributed by atoms with van der Waals surface area (Å²) in [5.74, 6) is -1.22. The van der Waals surface area contributed by atoms with Crippen LogP contribution >= 0.6 is 15.9 Å². The predicted molar refractivity (Wildman–Crippen MR) is 89.2 cm³/mol. The summed E-state index contributed by atoms with van der Waals surface area (Å²) in [7, 11) is 1.53. The highest BCUT2D eigenvalue weighted by atomic mass is 79.9. The quantitative estimate of drug-likeness (QED) is 0.838. The molecule has 116 valence electrons. The van der Waals surface area contributed by atoms with Gasteiger partial charge >= 0.3 is 5.91 Å². The van der Waals surface area contributed by atoms with Gasteiger partial charge in [0.15, 0.2) is 5.76 Å². The maximum absolute atomic E-state index is 12.6. The number of nitrogens with zero attached hydrogens (tertiary/aromatic N) is 1. The largest absolute Gasteiger partial charge is 0.502 e. The number of benzene rings is 2. The number of carbonyl (C=O) groups excluding carboxylic acids is 2. The van der Waals surface area contributed by atoms with Crippen LogP contribution in [0.5, 0.6) is 5.75 Å². The lowest BCUT2D eigenvalue weighted by molar-refractivity contribution is -0.121. The van der Waals surface area contributed by atoms with Crippen LogP contribution in [0.25, 0.3) is 5.57 Å². The van der Waals surface area contributed by atoms with Gasteiger partial charge in [-0.05, 0) is 42.0 Å². The summed E-state index contributed by atoms with van der Waals surface area (Å²) in [4.78, 5) is 25.8. The third-order valence-corrected chi connectivity index (χ3v) is 4.05. The number of carbonyl (C=O) groups is 2. The summed E-state index contributed by atoms with van der Waals surface area (Å²) >= 11 is 3.30. The van der Waals surface area contributed by atoms with E-state index in [2.05, 4.69) is 15.9 Å². The van der Waals surface area contributed by atoms with Gasteiger partial charge in [-0.3, -0.25) is 9.59 Å². The number of amides is 2. The topological polar surface area (TPSA) is 66.8 Å². The van der Waals surface area contributed by atoms with Gasteiger partial charge in [-0.1, -0.05) is 28.1 Å². The molecule has 6 heteroatoms. The van der Waals surface area contributed by atoms with Crippen molar-refractivity contribution in [3.8, 4) is 5.75 Å². The first-order valence-corrected chi connectivity index (χ1v) is 7.54. The van der Waals surface area contributed by atoms with Crippen LogP contribution in [0, 0.1) is 0 Å². The zero-order valence-electron chi connectivity index (χ0n) is 12.1. The van der Waals surface area contributed by atoms with E-state index in [1.54, 1.807) is 48.5 Å². The molecule has 0 saturated heterocycles. The van der Waals surface area contributed by atoms with Gasteiger partial charge in [0, 0.05) is 4.47 Å². The van der Waals surface area contributed by atoms with Crippen molar-refractivity contribution >= 4 is 39.0 Å². The SMILES string of the molecule is COc1ccc(C2=C(O)C(=O)N(c3ccc(Br)cc3)C2=O)cc1.